The van der Waals surface area contributed by atoms with Gasteiger partial charge in [-0.05, 0) is 37.3 Å². The number of nitrogens with one attached hydrogen (secondary N) is 1. The van der Waals surface area contributed by atoms with E-state index in [1.165, 1.54) is 12.1 Å². The summed E-state index contributed by atoms with van der Waals surface area (Å²) < 4.78 is 67.1. The van der Waals surface area contributed by atoms with Gasteiger partial charge >= 0.3 is 5.97 Å². The summed E-state index contributed by atoms with van der Waals surface area (Å²) >= 11 is 0. The summed E-state index contributed by atoms with van der Waals surface area (Å²) in [5.74, 6) is -6.87. The summed E-state index contributed by atoms with van der Waals surface area (Å²) in [6.45, 7) is 1.15. The molecule has 0 radical (unpaired) electrons. The molecule has 7 nitrogen and oxygen atoms in total. The van der Waals surface area contributed by atoms with Crippen molar-refractivity contribution in [2.75, 3.05) is 5.32 Å². The molecule has 2 rings (SSSR count). The van der Waals surface area contributed by atoms with Crippen LogP contribution in [0.3, 0.4) is 0 Å². The highest BCUT2D eigenvalue weighted by atomic mass is 32.2. The zero-order valence-electron chi connectivity index (χ0n) is 13.7. The van der Waals surface area contributed by atoms with Crippen molar-refractivity contribution in [3.8, 4) is 0 Å². The largest absolute Gasteiger partial charge is 0.449 e. The van der Waals surface area contributed by atoms with Crippen LogP contribution in [-0.4, -0.2) is 26.4 Å². The predicted octanol–water partition coefficient (Wildman–Crippen LogP) is 1.94. The molecule has 0 bridgehead atoms. The third kappa shape index (κ3) is 4.83. The van der Waals surface area contributed by atoms with E-state index in [1.54, 1.807) is 0 Å². The molecule has 2 aromatic carbocycles. The number of benzene rings is 2. The van der Waals surface area contributed by atoms with Crippen molar-refractivity contribution in [2.45, 2.75) is 17.9 Å². The van der Waals surface area contributed by atoms with Crippen molar-refractivity contribution < 1.29 is 35.9 Å². The van der Waals surface area contributed by atoms with Gasteiger partial charge in [0.05, 0.1) is 16.1 Å². The number of carbonyl (C=O) groups is 2. The SMILES string of the molecule is C[C@@H](OC(=O)c1cccc(S(N)(=O)=O)c1)C(=O)Nc1ccc(F)c(F)c1F. The van der Waals surface area contributed by atoms with Gasteiger partial charge in [-0.2, -0.15) is 0 Å². The number of anilines is 1. The van der Waals surface area contributed by atoms with Gasteiger partial charge in [0, 0.05) is 0 Å². The molecule has 0 unspecified atom stereocenters. The summed E-state index contributed by atoms with van der Waals surface area (Å²) in [4.78, 5) is 23.7. The fourth-order valence-electron chi connectivity index (χ4n) is 1.94. The maximum Gasteiger partial charge on any atom is 0.338 e. The van der Waals surface area contributed by atoms with Gasteiger partial charge < -0.3 is 10.1 Å². The summed E-state index contributed by atoms with van der Waals surface area (Å²) in [6.07, 6.45) is -1.46. The van der Waals surface area contributed by atoms with E-state index in [2.05, 4.69) is 0 Å². The average molecular weight is 402 g/mol. The minimum Gasteiger partial charge on any atom is -0.449 e. The lowest BCUT2D eigenvalue weighted by Crippen LogP contribution is -2.30. The Hall–Kier alpha value is -2.92. The molecule has 0 aliphatic carbocycles. The monoisotopic (exact) mass is 402 g/mol. The lowest BCUT2D eigenvalue weighted by molar-refractivity contribution is -0.123. The number of amides is 1. The molecule has 1 amide bonds. The second-order valence-electron chi connectivity index (χ2n) is 5.33. The maximum atomic E-state index is 13.6. The number of primary sulfonamides is 1. The van der Waals surface area contributed by atoms with Crippen molar-refractivity contribution in [3.63, 3.8) is 0 Å². The van der Waals surface area contributed by atoms with Crippen LogP contribution >= 0.6 is 0 Å². The number of hydrogen-bond donors (Lipinski definition) is 2. The van der Waals surface area contributed by atoms with Gasteiger partial charge in [0.25, 0.3) is 5.91 Å². The van der Waals surface area contributed by atoms with Crippen LogP contribution in [0.25, 0.3) is 0 Å². The summed E-state index contributed by atoms with van der Waals surface area (Å²) in [5.41, 5.74) is -0.835. The fourth-order valence-corrected chi connectivity index (χ4v) is 2.50. The van der Waals surface area contributed by atoms with Crippen molar-refractivity contribution in [1.82, 2.24) is 0 Å². The summed E-state index contributed by atoms with van der Waals surface area (Å²) in [7, 11) is -4.05. The highest BCUT2D eigenvalue weighted by Crippen LogP contribution is 2.20. The second-order valence-corrected chi connectivity index (χ2v) is 6.89. The fraction of sp³-hybridized carbons (Fsp3) is 0.125. The smallest absolute Gasteiger partial charge is 0.338 e. The number of hydrogen-bond acceptors (Lipinski definition) is 5. The van der Waals surface area contributed by atoms with Crippen molar-refractivity contribution >= 4 is 27.6 Å². The highest BCUT2D eigenvalue weighted by molar-refractivity contribution is 7.89. The van der Waals surface area contributed by atoms with Gasteiger partial charge in [-0.1, -0.05) is 6.07 Å². The molecule has 1 atom stereocenters. The molecule has 3 N–H and O–H groups in total. The Kier molecular flexibility index (Phi) is 5.86. The molecular formula is C16H13F3N2O5S. The number of halogens is 3. The van der Waals surface area contributed by atoms with Crippen LogP contribution in [0.1, 0.15) is 17.3 Å². The Labute approximate surface area is 152 Å². The zero-order valence-corrected chi connectivity index (χ0v) is 14.5. The van der Waals surface area contributed by atoms with E-state index in [1.807, 2.05) is 5.32 Å². The molecule has 2 aromatic rings. The molecule has 0 fully saturated rings. The third-order valence-corrected chi connectivity index (χ3v) is 4.26. The molecule has 27 heavy (non-hydrogen) atoms. The van der Waals surface area contributed by atoms with E-state index >= 15 is 0 Å². The van der Waals surface area contributed by atoms with E-state index in [9.17, 15) is 31.2 Å². The van der Waals surface area contributed by atoms with E-state index < -0.39 is 51.1 Å². The molecule has 0 aliphatic rings. The number of nitrogens with two attached hydrogens (primary N) is 1. The van der Waals surface area contributed by atoms with Crippen LogP contribution in [0.4, 0.5) is 18.9 Å². The standard InChI is InChI=1S/C16H13F3N2O5S/c1-8(15(22)21-12-6-5-11(17)13(18)14(12)19)26-16(23)9-3-2-4-10(7-9)27(20,24)25/h2-8H,1H3,(H,21,22)(H2,20,24,25)/t8-/m1/s1. The first-order chi connectivity index (χ1) is 12.5. The van der Waals surface area contributed by atoms with Crippen molar-refractivity contribution in [1.29, 1.82) is 0 Å². The Morgan fingerprint density at radius 2 is 1.78 bits per heavy atom. The zero-order chi connectivity index (χ0) is 20.4. The molecular weight excluding hydrogens is 389 g/mol. The number of sulfonamides is 1. The summed E-state index contributed by atoms with van der Waals surface area (Å²) in [6, 6.07) is 6.01. The lowest BCUT2D eigenvalue weighted by atomic mass is 10.2. The molecule has 0 aliphatic heterocycles. The normalized spacial score (nSPS) is 12.3. The third-order valence-electron chi connectivity index (χ3n) is 3.34. The van der Waals surface area contributed by atoms with E-state index in [0.717, 1.165) is 25.1 Å². The quantitative estimate of drug-likeness (QED) is 0.586. The number of ether oxygens (including phenoxy) is 1. The molecule has 0 heterocycles. The van der Waals surface area contributed by atoms with Crippen LogP contribution in [0.2, 0.25) is 0 Å². The van der Waals surface area contributed by atoms with Crippen LogP contribution in [0.5, 0.6) is 0 Å². The van der Waals surface area contributed by atoms with Gasteiger partial charge in [0.15, 0.2) is 23.6 Å². The number of esters is 1. The van der Waals surface area contributed by atoms with Crippen molar-refractivity contribution in [3.05, 3.63) is 59.4 Å². The number of carbonyl (C=O) groups excluding carboxylic acids is 2. The van der Waals surface area contributed by atoms with Gasteiger partial charge in [-0.3, -0.25) is 4.79 Å². The molecule has 11 heteroatoms. The predicted molar refractivity (Wildman–Crippen MR) is 87.6 cm³/mol. The van der Waals surface area contributed by atoms with Crippen LogP contribution < -0.4 is 10.5 Å². The molecule has 0 saturated heterocycles. The van der Waals surface area contributed by atoms with Crippen LogP contribution in [0.15, 0.2) is 41.3 Å². The van der Waals surface area contributed by atoms with Gasteiger partial charge in [-0.25, -0.2) is 31.5 Å². The first-order valence-corrected chi connectivity index (χ1v) is 8.83. The molecule has 144 valence electrons. The van der Waals surface area contributed by atoms with Gasteiger partial charge in [0.1, 0.15) is 0 Å². The minimum atomic E-state index is -4.05. The first-order valence-electron chi connectivity index (χ1n) is 7.29. The Bertz CT molecular complexity index is 1010. The first kappa shape index (κ1) is 20.4. The average Bonchev–Trinajstić information content (AvgIpc) is 2.61. The topological polar surface area (TPSA) is 116 Å². The highest BCUT2D eigenvalue weighted by Gasteiger charge is 2.22. The minimum absolute atomic E-state index is 0.194. The molecule has 0 aromatic heterocycles. The Morgan fingerprint density at radius 1 is 1.11 bits per heavy atom. The molecule has 0 spiro atoms. The number of rotatable bonds is 5. The van der Waals surface area contributed by atoms with E-state index in [4.69, 9.17) is 9.88 Å². The maximum absolute atomic E-state index is 13.6. The lowest BCUT2D eigenvalue weighted by Gasteiger charge is -2.14. The van der Waals surface area contributed by atoms with E-state index in [-0.39, 0.29) is 10.5 Å². The summed E-state index contributed by atoms with van der Waals surface area (Å²) in [5, 5.41) is 6.92. The second kappa shape index (κ2) is 7.76. The molecule has 0 saturated carbocycles. The van der Waals surface area contributed by atoms with E-state index in [0.29, 0.717) is 6.07 Å². The van der Waals surface area contributed by atoms with Gasteiger partial charge in [0.2, 0.25) is 10.0 Å². The Balaban J connectivity index is 2.11. The van der Waals surface area contributed by atoms with Gasteiger partial charge in [-0.15, -0.1) is 0 Å². The van der Waals surface area contributed by atoms with Crippen LogP contribution in [-0.2, 0) is 19.6 Å². The Morgan fingerprint density at radius 3 is 2.41 bits per heavy atom. The van der Waals surface area contributed by atoms with Crippen LogP contribution in [0, 0.1) is 17.5 Å². The van der Waals surface area contributed by atoms with Crippen molar-refractivity contribution in [2.24, 2.45) is 5.14 Å².